The number of hydrogen-bond donors (Lipinski definition) is 1. The van der Waals surface area contributed by atoms with Crippen molar-refractivity contribution in [2.45, 2.75) is 51.5 Å². The van der Waals surface area contributed by atoms with Crippen molar-refractivity contribution in [2.24, 2.45) is 0 Å². The predicted octanol–water partition coefficient (Wildman–Crippen LogP) is 3.90. The highest BCUT2D eigenvalue weighted by molar-refractivity contribution is 5.45. The van der Waals surface area contributed by atoms with E-state index in [1.165, 1.54) is 24.2 Å². The van der Waals surface area contributed by atoms with Crippen molar-refractivity contribution in [3.63, 3.8) is 0 Å². The average molecular weight is 269 g/mol. The summed E-state index contributed by atoms with van der Waals surface area (Å²) in [6.07, 6.45) is 4.62. The second-order valence-electron chi connectivity index (χ2n) is 5.78. The molecule has 1 aliphatic carbocycles. The highest BCUT2D eigenvalue weighted by atomic mass is 15.2. The molecule has 3 rings (SSSR count). The Balaban J connectivity index is 1.99. The van der Waals surface area contributed by atoms with E-state index in [4.69, 9.17) is 10.7 Å². The van der Waals surface area contributed by atoms with Crippen molar-refractivity contribution in [2.75, 3.05) is 5.73 Å². The van der Waals surface area contributed by atoms with Gasteiger partial charge in [0, 0.05) is 18.4 Å². The number of rotatable bonds is 5. The smallest absolute Gasteiger partial charge is 0.127 e. The van der Waals surface area contributed by atoms with Crippen LogP contribution in [0, 0.1) is 0 Å². The van der Waals surface area contributed by atoms with Gasteiger partial charge in [0.2, 0.25) is 0 Å². The van der Waals surface area contributed by atoms with Crippen LogP contribution in [0.3, 0.4) is 0 Å². The molecule has 1 fully saturated rings. The number of imidazole rings is 1. The van der Waals surface area contributed by atoms with Gasteiger partial charge in [-0.25, -0.2) is 4.98 Å². The molecule has 0 amide bonds. The van der Waals surface area contributed by atoms with E-state index >= 15 is 0 Å². The van der Waals surface area contributed by atoms with Gasteiger partial charge in [0.05, 0.1) is 5.69 Å². The van der Waals surface area contributed by atoms with Crippen LogP contribution in [-0.4, -0.2) is 9.55 Å². The maximum Gasteiger partial charge on any atom is 0.127 e. The summed E-state index contributed by atoms with van der Waals surface area (Å²) in [6, 6.07) is 11.1. The Kier molecular flexibility index (Phi) is 3.51. The van der Waals surface area contributed by atoms with Crippen molar-refractivity contribution in [3.8, 4) is 0 Å². The van der Waals surface area contributed by atoms with Crippen molar-refractivity contribution in [1.29, 1.82) is 0 Å². The van der Waals surface area contributed by atoms with E-state index in [-0.39, 0.29) is 5.92 Å². The maximum absolute atomic E-state index is 6.41. The molecule has 3 heteroatoms. The zero-order valence-electron chi connectivity index (χ0n) is 12.3. The van der Waals surface area contributed by atoms with Gasteiger partial charge in [-0.1, -0.05) is 44.2 Å². The second kappa shape index (κ2) is 5.31. The summed E-state index contributed by atoms with van der Waals surface area (Å²) in [5.41, 5.74) is 8.74. The van der Waals surface area contributed by atoms with Gasteiger partial charge in [0.1, 0.15) is 11.6 Å². The summed E-state index contributed by atoms with van der Waals surface area (Å²) in [5.74, 6) is 2.31. The molecule has 2 N–H and O–H groups in total. The number of nitrogens with two attached hydrogens (primary N) is 1. The van der Waals surface area contributed by atoms with Crippen LogP contribution in [0.4, 0.5) is 5.82 Å². The molecule has 0 radical (unpaired) electrons. The molecule has 1 aromatic carbocycles. The minimum absolute atomic E-state index is 0.256. The van der Waals surface area contributed by atoms with Gasteiger partial charge >= 0.3 is 0 Å². The fourth-order valence-electron chi connectivity index (χ4n) is 2.87. The van der Waals surface area contributed by atoms with Gasteiger partial charge in [-0.15, -0.1) is 0 Å². The summed E-state index contributed by atoms with van der Waals surface area (Å²) < 4.78 is 2.29. The number of benzene rings is 1. The number of aromatic nitrogens is 2. The van der Waals surface area contributed by atoms with Crippen molar-refractivity contribution >= 4 is 5.82 Å². The normalized spacial score (nSPS) is 16.3. The quantitative estimate of drug-likeness (QED) is 0.894. The van der Waals surface area contributed by atoms with Crippen molar-refractivity contribution in [3.05, 3.63) is 47.4 Å². The molecule has 1 aromatic heterocycles. The van der Waals surface area contributed by atoms with Crippen LogP contribution in [0.2, 0.25) is 0 Å². The Labute approximate surface area is 120 Å². The van der Waals surface area contributed by atoms with Gasteiger partial charge in [-0.2, -0.15) is 0 Å². The van der Waals surface area contributed by atoms with Gasteiger partial charge in [0.25, 0.3) is 0 Å². The highest BCUT2D eigenvalue weighted by Gasteiger charge is 2.30. The van der Waals surface area contributed by atoms with Crippen LogP contribution < -0.4 is 5.73 Å². The molecule has 0 aliphatic heterocycles. The molecule has 1 atom stereocenters. The molecule has 0 saturated heterocycles. The summed E-state index contributed by atoms with van der Waals surface area (Å²) in [6.45, 7) is 4.39. The van der Waals surface area contributed by atoms with E-state index in [0.717, 1.165) is 24.4 Å². The lowest BCUT2D eigenvalue weighted by molar-refractivity contribution is 0.676. The minimum Gasteiger partial charge on any atom is -0.384 e. The van der Waals surface area contributed by atoms with E-state index in [1.54, 1.807) is 0 Å². The van der Waals surface area contributed by atoms with Crippen LogP contribution in [0.25, 0.3) is 0 Å². The molecular weight excluding hydrogens is 246 g/mol. The van der Waals surface area contributed by atoms with E-state index in [9.17, 15) is 0 Å². The van der Waals surface area contributed by atoms with E-state index in [0.29, 0.717) is 6.04 Å². The average Bonchev–Trinajstić information content (AvgIpc) is 3.25. The van der Waals surface area contributed by atoms with Crippen LogP contribution in [0.15, 0.2) is 30.3 Å². The molecule has 20 heavy (non-hydrogen) atoms. The van der Waals surface area contributed by atoms with Gasteiger partial charge in [-0.05, 0) is 24.8 Å². The number of nitrogens with zero attached hydrogens (tertiary/aromatic N) is 2. The molecule has 1 heterocycles. The van der Waals surface area contributed by atoms with Gasteiger partial charge in [0.15, 0.2) is 0 Å². The minimum atomic E-state index is 0.256. The molecule has 1 unspecified atom stereocenters. The maximum atomic E-state index is 6.41. The monoisotopic (exact) mass is 269 g/mol. The lowest BCUT2D eigenvalue weighted by Crippen LogP contribution is -2.06. The topological polar surface area (TPSA) is 43.8 Å². The number of anilines is 1. The number of nitrogen functional groups attached to an aromatic ring is 1. The molecule has 1 saturated carbocycles. The zero-order valence-corrected chi connectivity index (χ0v) is 12.3. The van der Waals surface area contributed by atoms with E-state index < -0.39 is 0 Å². The standard InChI is InChI=1S/C17H23N3/c1-3-7-15-19-16(17(18)20(15)14-10-11-14)12(2)13-8-5-4-6-9-13/h4-6,8-9,12,14H,3,7,10-11,18H2,1-2H3. The third-order valence-electron chi connectivity index (χ3n) is 4.14. The first-order valence-electron chi connectivity index (χ1n) is 7.63. The van der Waals surface area contributed by atoms with E-state index in [2.05, 4.69) is 42.7 Å². The van der Waals surface area contributed by atoms with Gasteiger partial charge in [-0.3, -0.25) is 0 Å². The van der Waals surface area contributed by atoms with Crippen LogP contribution in [0.5, 0.6) is 0 Å². The molecule has 0 bridgehead atoms. The van der Waals surface area contributed by atoms with Crippen LogP contribution in [-0.2, 0) is 6.42 Å². The Hall–Kier alpha value is -1.77. The molecule has 3 nitrogen and oxygen atoms in total. The number of hydrogen-bond acceptors (Lipinski definition) is 2. The first kappa shape index (κ1) is 13.2. The Morgan fingerprint density at radius 2 is 2.00 bits per heavy atom. The SMILES string of the molecule is CCCc1nc(C(C)c2ccccc2)c(N)n1C1CC1. The fourth-order valence-corrected chi connectivity index (χ4v) is 2.87. The lowest BCUT2D eigenvalue weighted by atomic mass is 9.98. The molecule has 0 spiro atoms. The Morgan fingerprint density at radius 3 is 2.60 bits per heavy atom. The first-order chi connectivity index (χ1) is 9.72. The van der Waals surface area contributed by atoms with Crippen LogP contribution in [0.1, 0.15) is 62.2 Å². The number of aryl methyl sites for hydroxylation is 1. The largest absolute Gasteiger partial charge is 0.384 e. The molecule has 2 aromatic rings. The van der Waals surface area contributed by atoms with Crippen molar-refractivity contribution in [1.82, 2.24) is 9.55 Å². The predicted molar refractivity (Wildman–Crippen MR) is 82.9 cm³/mol. The first-order valence-corrected chi connectivity index (χ1v) is 7.63. The molecular formula is C17H23N3. The fraction of sp³-hybridized carbons (Fsp3) is 0.471. The second-order valence-corrected chi connectivity index (χ2v) is 5.78. The lowest BCUT2D eigenvalue weighted by Gasteiger charge is -2.11. The molecule has 1 aliphatic rings. The summed E-state index contributed by atoms with van der Waals surface area (Å²) in [7, 11) is 0. The Morgan fingerprint density at radius 1 is 1.30 bits per heavy atom. The molecule has 106 valence electrons. The highest BCUT2D eigenvalue weighted by Crippen LogP contribution is 2.41. The summed E-state index contributed by atoms with van der Waals surface area (Å²) in [5, 5.41) is 0. The van der Waals surface area contributed by atoms with Crippen LogP contribution >= 0.6 is 0 Å². The third-order valence-corrected chi connectivity index (χ3v) is 4.14. The third kappa shape index (κ3) is 2.33. The van der Waals surface area contributed by atoms with E-state index in [1.807, 2.05) is 6.07 Å². The summed E-state index contributed by atoms with van der Waals surface area (Å²) in [4.78, 5) is 4.87. The van der Waals surface area contributed by atoms with Gasteiger partial charge < -0.3 is 10.3 Å². The van der Waals surface area contributed by atoms with Crippen molar-refractivity contribution < 1.29 is 0 Å². The Bertz CT molecular complexity index is 582. The summed E-state index contributed by atoms with van der Waals surface area (Å²) >= 11 is 0. The zero-order chi connectivity index (χ0) is 14.1.